The number of thiazole rings is 1. The van der Waals surface area contributed by atoms with E-state index < -0.39 is 0 Å². The molecule has 1 unspecified atom stereocenters. The van der Waals surface area contributed by atoms with Gasteiger partial charge in [-0.2, -0.15) is 0 Å². The van der Waals surface area contributed by atoms with Gasteiger partial charge in [-0.05, 0) is 51.1 Å². The minimum Gasteiger partial charge on any atom is -0.314 e. The van der Waals surface area contributed by atoms with Gasteiger partial charge >= 0.3 is 0 Å². The van der Waals surface area contributed by atoms with Crippen molar-refractivity contribution in [3.8, 4) is 11.5 Å². The molecule has 0 aromatic carbocycles. The lowest BCUT2D eigenvalue weighted by atomic mass is 9.98. The Morgan fingerprint density at radius 3 is 2.57 bits per heavy atom. The number of aromatic nitrogens is 3. The molecule has 0 amide bonds. The Hall–Kier alpha value is -1.33. The maximum atomic E-state index is 4.65. The van der Waals surface area contributed by atoms with Crippen LogP contribution < -0.4 is 5.32 Å². The SMILES string of the molecule is Cc1nc(-c2cscn2)nc(C)c1CC(C)CNC1CC1. The number of hydrogen-bond acceptors (Lipinski definition) is 5. The normalized spacial score (nSPS) is 16.1. The molecule has 1 fully saturated rings. The smallest absolute Gasteiger partial charge is 0.179 e. The highest BCUT2D eigenvalue weighted by molar-refractivity contribution is 7.07. The third kappa shape index (κ3) is 3.66. The second kappa shape index (κ2) is 6.20. The molecule has 0 saturated heterocycles. The minimum absolute atomic E-state index is 0.608. The third-order valence-electron chi connectivity index (χ3n) is 3.97. The van der Waals surface area contributed by atoms with E-state index in [1.54, 1.807) is 11.3 Å². The Labute approximate surface area is 130 Å². The van der Waals surface area contributed by atoms with Crippen LogP contribution in [0.4, 0.5) is 0 Å². The van der Waals surface area contributed by atoms with Gasteiger partial charge < -0.3 is 5.32 Å². The topological polar surface area (TPSA) is 50.7 Å². The molecule has 1 aliphatic carbocycles. The summed E-state index contributed by atoms with van der Waals surface area (Å²) in [6, 6.07) is 0.776. The van der Waals surface area contributed by atoms with Crippen LogP contribution in [-0.4, -0.2) is 27.5 Å². The lowest BCUT2D eigenvalue weighted by molar-refractivity contribution is 0.506. The maximum Gasteiger partial charge on any atom is 0.179 e. The summed E-state index contributed by atoms with van der Waals surface area (Å²) in [5, 5.41) is 5.60. The zero-order valence-corrected chi connectivity index (χ0v) is 13.7. The maximum absolute atomic E-state index is 4.65. The van der Waals surface area contributed by atoms with Crippen molar-refractivity contribution in [2.75, 3.05) is 6.54 Å². The molecule has 2 aromatic heterocycles. The highest BCUT2D eigenvalue weighted by Gasteiger charge is 2.21. The summed E-state index contributed by atoms with van der Waals surface area (Å²) >= 11 is 1.58. The van der Waals surface area contributed by atoms with E-state index >= 15 is 0 Å². The fraction of sp³-hybridized carbons (Fsp3) is 0.562. The molecule has 2 aromatic rings. The molecule has 21 heavy (non-hydrogen) atoms. The van der Waals surface area contributed by atoms with E-state index in [9.17, 15) is 0 Å². The van der Waals surface area contributed by atoms with E-state index in [4.69, 9.17) is 0 Å². The quantitative estimate of drug-likeness (QED) is 0.890. The average Bonchev–Trinajstić information content (AvgIpc) is 3.12. The molecular weight excluding hydrogens is 280 g/mol. The van der Waals surface area contributed by atoms with Crippen molar-refractivity contribution in [1.29, 1.82) is 0 Å². The van der Waals surface area contributed by atoms with Crippen LogP contribution in [0.25, 0.3) is 11.5 Å². The van der Waals surface area contributed by atoms with Crippen LogP contribution in [0, 0.1) is 19.8 Å². The molecule has 0 bridgehead atoms. The zero-order chi connectivity index (χ0) is 14.8. The molecule has 3 rings (SSSR count). The van der Waals surface area contributed by atoms with Gasteiger partial charge in [-0.1, -0.05) is 6.92 Å². The van der Waals surface area contributed by atoms with E-state index in [2.05, 4.69) is 41.0 Å². The highest BCUT2D eigenvalue weighted by atomic mass is 32.1. The third-order valence-corrected chi connectivity index (χ3v) is 4.55. The second-order valence-electron chi connectivity index (χ2n) is 6.06. The first kappa shape index (κ1) is 14.6. The summed E-state index contributed by atoms with van der Waals surface area (Å²) in [6.45, 7) is 7.54. The fourth-order valence-corrected chi connectivity index (χ4v) is 3.08. The predicted molar refractivity (Wildman–Crippen MR) is 86.5 cm³/mol. The second-order valence-corrected chi connectivity index (χ2v) is 6.78. The van der Waals surface area contributed by atoms with Crippen molar-refractivity contribution < 1.29 is 0 Å². The van der Waals surface area contributed by atoms with E-state index in [0.717, 1.165) is 41.9 Å². The van der Waals surface area contributed by atoms with Crippen molar-refractivity contribution in [2.45, 2.75) is 46.1 Å². The first-order valence-corrected chi connectivity index (χ1v) is 8.54. The van der Waals surface area contributed by atoms with Crippen molar-refractivity contribution in [2.24, 2.45) is 5.92 Å². The summed E-state index contributed by atoms with van der Waals surface area (Å²) in [6.07, 6.45) is 3.72. The molecule has 1 atom stereocenters. The van der Waals surface area contributed by atoms with Gasteiger partial charge in [0.1, 0.15) is 5.69 Å². The number of nitrogens with one attached hydrogen (secondary N) is 1. The number of hydrogen-bond donors (Lipinski definition) is 1. The molecule has 1 N–H and O–H groups in total. The molecule has 0 radical (unpaired) electrons. The van der Waals surface area contributed by atoms with Crippen molar-refractivity contribution in [1.82, 2.24) is 20.3 Å². The lowest BCUT2D eigenvalue weighted by Gasteiger charge is -2.16. The van der Waals surface area contributed by atoms with E-state index in [-0.39, 0.29) is 0 Å². The van der Waals surface area contributed by atoms with Gasteiger partial charge in [-0.3, -0.25) is 0 Å². The first-order chi connectivity index (χ1) is 10.1. The van der Waals surface area contributed by atoms with Gasteiger partial charge in [0.15, 0.2) is 5.82 Å². The van der Waals surface area contributed by atoms with E-state index in [1.165, 1.54) is 18.4 Å². The van der Waals surface area contributed by atoms with Crippen LogP contribution in [0.3, 0.4) is 0 Å². The van der Waals surface area contributed by atoms with Gasteiger partial charge in [-0.25, -0.2) is 15.0 Å². The van der Waals surface area contributed by atoms with E-state index in [0.29, 0.717) is 5.92 Å². The van der Waals surface area contributed by atoms with Gasteiger partial charge in [0, 0.05) is 22.8 Å². The number of nitrogens with zero attached hydrogens (tertiary/aromatic N) is 3. The van der Waals surface area contributed by atoms with Crippen LogP contribution in [0.2, 0.25) is 0 Å². The largest absolute Gasteiger partial charge is 0.314 e. The van der Waals surface area contributed by atoms with Gasteiger partial charge in [0.25, 0.3) is 0 Å². The number of rotatable bonds is 6. The number of aryl methyl sites for hydroxylation is 2. The van der Waals surface area contributed by atoms with Gasteiger partial charge in [0.05, 0.1) is 5.51 Å². The van der Waals surface area contributed by atoms with Gasteiger partial charge in [0.2, 0.25) is 0 Å². The average molecular weight is 302 g/mol. The Balaban J connectivity index is 1.72. The first-order valence-electron chi connectivity index (χ1n) is 7.59. The molecule has 4 nitrogen and oxygen atoms in total. The zero-order valence-electron chi connectivity index (χ0n) is 12.9. The van der Waals surface area contributed by atoms with Crippen molar-refractivity contribution >= 4 is 11.3 Å². The molecule has 0 aliphatic heterocycles. The fourth-order valence-electron chi connectivity index (χ4n) is 2.55. The Bertz CT molecular complexity index is 582. The molecular formula is C16H22N4S. The van der Waals surface area contributed by atoms with Crippen LogP contribution >= 0.6 is 11.3 Å². The highest BCUT2D eigenvalue weighted by Crippen LogP contribution is 2.22. The summed E-state index contributed by atoms with van der Waals surface area (Å²) in [4.78, 5) is 13.6. The summed E-state index contributed by atoms with van der Waals surface area (Å²) in [5.74, 6) is 1.36. The van der Waals surface area contributed by atoms with Gasteiger partial charge in [-0.15, -0.1) is 11.3 Å². The predicted octanol–water partition coefficient (Wildman–Crippen LogP) is 3.15. The molecule has 112 valence electrons. The molecule has 1 aliphatic rings. The van der Waals surface area contributed by atoms with Crippen molar-refractivity contribution in [3.63, 3.8) is 0 Å². The summed E-state index contributed by atoms with van der Waals surface area (Å²) < 4.78 is 0. The molecule has 1 saturated carbocycles. The lowest BCUT2D eigenvalue weighted by Crippen LogP contribution is -2.24. The van der Waals surface area contributed by atoms with Crippen LogP contribution in [0.15, 0.2) is 10.9 Å². The van der Waals surface area contributed by atoms with Crippen LogP contribution in [0.1, 0.15) is 36.7 Å². The van der Waals surface area contributed by atoms with Crippen LogP contribution in [0.5, 0.6) is 0 Å². The van der Waals surface area contributed by atoms with Crippen molar-refractivity contribution in [3.05, 3.63) is 27.8 Å². The standard InChI is InChI=1S/C16H22N4S/c1-10(7-17-13-4-5-13)6-14-11(2)19-16(20-12(14)3)15-8-21-9-18-15/h8-10,13,17H,4-7H2,1-3H3. The summed E-state index contributed by atoms with van der Waals surface area (Å²) in [5.41, 5.74) is 6.16. The van der Waals surface area contributed by atoms with Crippen LogP contribution in [-0.2, 0) is 6.42 Å². The molecule has 5 heteroatoms. The monoisotopic (exact) mass is 302 g/mol. The molecule has 0 spiro atoms. The molecule has 2 heterocycles. The Morgan fingerprint density at radius 1 is 1.29 bits per heavy atom. The minimum atomic E-state index is 0.608. The van der Waals surface area contributed by atoms with E-state index in [1.807, 2.05) is 10.9 Å². The Kier molecular flexibility index (Phi) is 4.31. The Morgan fingerprint density at radius 2 is 2.00 bits per heavy atom. The summed E-state index contributed by atoms with van der Waals surface area (Å²) in [7, 11) is 0.